The third-order valence-electron chi connectivity index (χ3n) is 6.21. The predicted molar refractivity (Wildman–Crippen MR) is 112 cm³/mol. The average Bonchev–Trinajstić information content (AvgIpc) is 3.38. The molecule has 2 aromatic rings. The molecule has 1 aromatic heterocycles. The molecule has 1 atom stereocenters. The SMILES string of the molecule is O=C(/C=C/c1ccco1)N1CCC2(CCCN(CCCc3ccccc3)C2)C1. The van der Waals surface area contributed by atoms with Crippen molar-refractivity contribution in [3.8, 4) is 0 Å². The molecule has 4 nitrogen and oxygen atoms in total. The molecule has 0 N–H and O–H groups in total. The van der Waals surface area contributed by atoms with E-state index in [1.807, 2.05) is 17.0 Å². The highest BCUT2D eigenvalue weighted by Crippen LogP contribution is 2.39. The van der Waals surface area contributed by atoms with Crippen LogP contribution < -0.4 is 0 Å². The predicted octanol–water partition coefficient (Wildman–Crippen LogP) is 4.24. The zero-order valence-corrected chi connectivity index (χ0v) is 16.6. The van der Waals surface area contributed by atoms with Gasteiger partial charge in [-0.05, 0) is 69.0 Å². The lowest BCUT2D eigenvalue weighted by Crippen LogP contribution is -2.45. The number of hydrogen-bond acceptors (Lipinski definition) is 3. The summed E-state index contributed by atoms with van der Waals surface area (Å²) in [6.45, 7) is 5.25. The van der Waals surface area contributed by atoms with Crippen molar-refractivity contribution >= 4 is 12.0 Å². The summed E-state index contributed by atoms with van der Waals surface area (Å²) in [7, 11) is 0. The van der Waals surface area contributed by atoms with Gasteiger partial charge in [-0.3, -0.25) is 4.79 Å². The summed E-state index contributed by atoms with van der Waals surface area (Å²) in [5.41, 5.74) is 1.72. The molecular weight excluding hydrogens is 348 g/mol. The van der Waals surface area contributed by atoms with Gasteiger partial charge >= 0.3 is 0 Å². The first-order chi connectivity index (χ1) is 13.7. The number of nitrogens with zero attached hydrogens (tertiary/aromatic N) is 2. The van der Waals surface area contributed by atoms with E-state index in [0.29, 0.717) is 5.41 Å². The van der Waals surface area contributed by atoms with Crippen LogP contribution in [-0.2, 0) is 11.2 Å². The molecule has 2 aliphatic rings. The third-order valence-corrected chi connectivity index (χ3v) is 6.21. The second-order valence-corrected chi connectivity index (χ2v) is 8.33. The number of piperidine rings is 1. The lowest BCUT2D eigenvalue weighted by Gasteiger charge is -2.40. The number of amides is 1. The van der Waals surface area contributed by atoms with E-state index >= 15 is 0 Å². The van der Waals surface area contributed by atoms with Gasteiger partial charge in [-0.15, -0.1) is 0 Å². The van der Waals surface area contributed by atoms with E-state index in [1.54, 1.807) is 18.4 Å². The summed E-state index contributed by atoms with van der Waals surface area (Å²) in [4.78, 5) is 17.2. The van der Waals surface area contributed by atoms with Gasteiger partial charge in [0.25, 0.3) is 0 Å². The van der Waals surface area contributed by atoms with E-state index in [9.17, 15) is 4.79 Å². The minimum absolute atomic E-state index is 0.106. The molecule has 2 fully saturated rings. The van der Waals surface area contributed by atoms with Crippen LogP contribution in [0.3, 0.4) is 0 Å². The summed E-state index contributed by atoms with van der Waals surface area (Å²) in [6.07, 6.45) is 11.0. The Labute approximate surface area is 167 Å². The number of furan rings is 1. The van der Waals surface area contributed by atoms with Gasteiger partial charge in [0.1, 0.15) is 5.76 Å². The minimum Gasteiger partial charge on any atom is -0.465 e. The molecule has 2 aliphatic heterocycles. The van der Waals surface area contributed by atoms with E-state index in [1.165, 1.54) is 31.4 Å². The molecule has 0 aliphatic carbocycles. The highest BCUT2D eigenvalue weighted by molar-refractivity contribution is 5.91. The lowest BCUT2D eigenvalue weighted by atomic mass is 9.79. The van der Waals surface area contributed by atoms with E-state index in [2.05, 4.69) is 35.2 Å². The number of carbonyl (C=O) groups is 1. The Bertz CT molecular complexity index is 784. The van der Waals surface area contributed by atoms with Crippen LogP contribution in [0.4, 0.5) is 0 Å². The van der Waals surface area contributed by atoms with E-state index in [0.717, 1.165) is 44.8 Å². The minimum atomic E-state index is 0.106. The number of carbonyl (C=O) groups excluding carboxylic acids is 1. The van der Waals surface area contributed by atoms with Crippen LogP contribution in [0.25, 0.3) is 6.08 Å². The zero-order chi connectivity index (χ0) is 19.2. The Balaban J connectivity index is 1.27. The van der Waals surface area contributed by atoms with Gasteiger partial charge < -0.3 is 14.2 Å². The van der Waals surface area contributed by atoms with Crippen molar-refractivity contribution in [2.75, 3.05) is 32.7 Å². The van der Waals surface area contributed by atoms with Gasteiger partial charge in [-0.1, -0.05) is 30.3 Å². The number of benzene rings is 1. The molecule has 148 valence electrons. The van der Waals surface area contributed by atoms with Crippen molar-refractivity contribution in [3.05, 3.63) is 66.1 Å². The number of rotatable bonds is 6. The molecule has 2 saturated heterocycles. The molecule has 0 radical (unpaired) electrons. The summed E-state index contributed by atoms with van der Waals surface area (Å²) >= 11 is 0. The van der Waals surface area contributed by atoms with Gasteiger partial charge in [0.05, 0.1) is 6.26 Å². The second-order valence-electron chi connectivity index (χ2n) is 8.33. The van der Waals surface area contributed by atoms with Crippen molar-refractivity contribution in [2.24, 2.45) is 5.41 Å². The Morgan fingerprint density at radius 3 is 2.79 bits per heavy atom. The van der Waals surface area contributed by atoms with Gasteiger partial charge in [-0.2, -0.15) is 0 Å². The Morgan fingerprint density at radius 1 is 1.07 bits per heavy atom. The molecule has 1 aromatic carbocycles. The molecule has 28 heavy (non-hydrogen) atoms. The second kappa shape index (κ2) is 8.78. The third kappa shape index (κ3) is 4.74. The Kier molecular flexibility index (Phi) is 5.96. The van der Waals surface area contributed by atoms with E-state index in [-0.39, 0.29) is 5.91 Å². The standard InChI is InChI=1S/C24H30N2O2/c27-23(12-11-22-10-5-18-28-22)26-17-14-24(20-26)13-6-16-25(19-24)15-4-9-21-7-2-1-3-8-21/h1-3,5,7-8,10-12,18H,4,6,9,13-17,19-20H2/b12-11+. The fraction of sp³-hybridized carbons (Fsp3) is 0.458. The van der Waals surface area contributed by atoms with Crippen LogP contribution in [-0.4, -0.2) is 48.4 Å². The van der Waals surface area contributed by atoms with Crippen molar-refractivity contribution in [1.29, 1.82) is 0 Å². The maximum atomic E-state index is 12.6. The first-order valence-corrected chi connectivity index (χ1v) is 10.5. The van der Waals surface area contributed by atoms with Gasteiger partial charge in [0.2, 0.25) is 5.91 Å². The molecule has 1 unspecified atom stereocenters. The molecule has 1 spiro atoms. The normalized spacial score (nSPS) is 23.1. The fourth-order valence-corrected chi connectivity index (χ4v) is 4.75. The van der Waals surface area contributed by atoms with E-state index in [4.69, 9.17) is 4.42 Å². The van der Waals surface area contributed by atoms with Crippen molar-refractivity contribution in [1.82, 2.24) is 9.80 Å². The molecular formula is C24H30N2O2. The molecule has 4 rings (SSSR count). The molecule has 0 bridgehead atoms. The van der Waals surface area contributed by atoms with Gasteiger partial charge in [-0.25, -0.2) is 0 Å². The number of aryl methyl sites for hydroxylation is 1. The van der Waals surface area contributed by atoms with Crippen LogP contribution >= 0.6 is 0 Å². The smallest absolute Gasteiger partial charge is 0.246 e. The molecule has 4 heteroatoms. The van der Waals surface area contributed by atoms with Crippen LogP contribution in [0.2, 0.25) is 0 Å². The van der Waals surface area contributed by atoms with E-state index < -0.39 is 0 Å². The van der Waals surface area contributed by atoms with Crippen molar-refractivity contribution in [2.45, 2.75) is 32.1 Å². The molecule has 3 heterocycles. The van der Waals surface area contributed by atoms with Crippen LogP contribution in [0.5, 0.6) is 0 Å². The van der Waals surface area contributed by atoms with Crippen LogP contribution in [0.1, 0.15) is 37.0 Å². The van der Waals surface area contributed by atoms with Crippen molar-refractivity contribution in [3.63, 3.8) is 0 Å². The number of hydrogen-bond donors (Lipinski definition) is 0. The highest BCUT2D eigenvalue weighted by atomic mass is 16.3. The number of likely N-dealkylation sites (tertiary alicyclic amines) is 2. The van der Waals surface area contributed by atoms with Crippen LogP contribution in [0.15, 0.2) is 59.2 Å². The highest BCUT2D eigenvalue weighted by Gasteiger charge is 2.42. The fourth-order valence-electron chi connectivity index (χ4n) is 4.75. The maximum absolute atomic E-state index is 12.6. The maximum Gasteiger partial charge on any atom is 0.246 e. The van der Waals surface area contributed by atoms with Crippen molar-refractivity contribution < 1.29 is 9.21 Å². The summed E-state index contributed by atoms with van der Waals surface area (Å²) < 4.78 is 5.28. The van der Waals surface area contributed by atoms with Gasteiger partial charge in [0.15, 0.2) is 0 Å². The summed E-state index contributed by atoms with van der Waals surface area (Å²) in [6, 6.07) is 14.5. The lowest BCUT2D eigenvalue weighted by molar-refractivity contribution is -0.125. The molecule has 0 saturated carbocycles. The van der Waals surface area contributed by atoms with Gasteiger partial charge in [0, 0.05) is 31.1 Å². The average molecular weight is 379 g/mol. The Hall–Kier alpha value is -2.33. The quantitative estimate of drug-likeness (QED) is 0.706. The largest absolute Gasteiger partial charge is 0.465 e. The topological polar surface area (TPSA) is 36.7 Å². The monoisotopic (exact) mass is 378 g/mol. The first-order valence-electron chi connectivity index (χ1n) is 10.5. The summed E-state index contributed by atoms with van der Waals surface area (Å²) in [5, 5.41) is 0. The van der Waals surface area contributed by atoms with Crippen LogP contribution in [0, 0.1) is 5.41 Å². The first kappa shape index (κ1) is 19.0. The zero-order valence-electron chi connectivity index (χ0n) is 16.6. The molecule has 1 amide bonds. The summed E-state index contributed by atoms with van der Waals surface area (Å²) in [5.74, 6) is 0.832. The Morgan fingerprint density at radius 2 is 1.96 bits per heavy atom.